The summed E-state index contributed by atoms with van der Waals surface area (Å²) in [6, 6.07) is 8.61. The van der Waals surface area contributed by atoms with Gasteiger partial charge in [0.15, 0.2) is 6.10 Å². The van der Waals surface area contributed by atoms with Crippen LogP contribution in [0.25, 0.3) is 0 Å². The number of benzene rings is 1. The van der Waals surface area contributed by atoms with Gasteiger partial charge in [-0.25, -0.2) is 0 Å². The average molecular weight is 304 g/mol. The Kier molecular flexibility index (Phi) is 5.95. The Hall–Kier alpha value is -1.88. The lowest BCUT2D eigenvalue weighted by molar-refractivity contribution is -0.136. The minimum atomic E-state index is -0.730. The monoisotopic (exact) mass is 304 g/mol. The summed E-state index contributed by atoms with van der Waals surface area (Å²) in [4.78, 5) is 24.2. The average Bonchev–Trinajstić information content (AvgIpc) is 2.55. The number of rotatable bonds is 6. The van der Waals surface area contributed by atoms with Crippen molar-refractivity contribution in [3.63, 3.8) is 0 Å². The quantitative estimate of drug-likeness (QED) is 0.842. The second-order valence-corrected chi connectivity index (χ2v) is 5.81. The fraction of sp³-hybridized carbons (Fsp3) is 0.529. The molecule has 2 amide bonds. The summed E-state index contributed by atoms with van der Waals surface area (Å²) in [5.41, 5.74) is 6.26. The summed E-state index contributed by atoms with van der Waals surface area (Å²) in [5.74, 6) is -0.658. The van der Waals surface area contributed by atoms with Crippen molar-refractivity contribution in [3.8, 4) is 0 Å². The van der Waals surface area contributed by atoms with Gasteiger partial charge >= 0.3 is 0 Å². The molecule has 1 aliphatic rings. The number of ether oxygens (including phenoxy) is 1. The molecule has 3 N–H and O–H groups in total. The molecule has 2 rings (SSSR count). The van der Waals surface area contributed by atoms with Crippen LogP contribution in [-0.4, -0.2) is 25.0 Å². The molecule has 1 aromatic carbocycles. The highest BCUT2D eigenvalue weighted by Gasteiger charge is 2.31. The van der Waals surface area contributed by atoms with Crippen LogP contribution < -0.4 is 11.1 Å². The third kappa shape index (κ3) is 4.07. The van der Waals surface area contributed by atoms with Gasteiger partial charge in [0.05, 0.1) is 0 Å². The first-order valence-corrected chi connectivity index (χ1v) is 7.81. The van der Waals surface area contributed by atoms with E-state index in [0.29, 0.717) is 0 Å². The van der Waals surface area contributed by atoms with Crippen molar-refractivity contribution >= 4 is 11.8 Å². The van der Waals surface area contributed by atoms with Crippen LogP contribution >= 0.6 is 0 Å². The van der Waals surface area contributed by atoms with Gasteiger partial charge in [-0.1, -0.05) is 49.6 Å². The van der Waals surface area contributed by atoms with E-state index in [4.69, 9.17) is 10.5 Å². The van der Waals surface area contributed by atoms with Crippen molar-refractivity contribution in [1.82, 2.24) is 5.32 Å². The fourth-order valence-electron chi connectivity index (χ4n) is 3.14. The van der Waals surface area contributed by atoms with E-state index in [2.05, 4.69) is 5.32 Å². The highest BCUT2D eigenvalue weighted by atomic mass is 16.5. The van der Waals surface area contributed by atoms with Crippen LogP contribution in [-0.2, 0) is 14.3 Å². The highest BCUT2D eigenvalue weighted by Crippen LogP contribution is 2.27. The van der Waals surface area contributed by atoms with Gasteiger partial charge in [0.25, 0.3) is 5.91 Å². The second-order valence-electron chi connectivity index (χ2n) is 5.81. The Bertz CT molecular complexity index is 498. The van der Waals surface area contributed by atoms with Crippen molar-refractivity contribution in [2.24, 2.45) is 11.7 Å². The largest absolute Gasteiger partial charge is 0.368 e. The number of hydrogen-bond acceptors (Lipinski definition) is 3. The highest BCUT2D eigenvalue weighted by molar-refractivity contribution is 5.89. The van der Waals surface area contributed by atoms with E-state index in [1.165, 1.54) is 13.5 Å². The molecule has 0 spiro atoms. The summed E-state index contributed by atoms with van der Waals surface area (Å²) in [5, 5.41) is 2.80. The first-order chi connectivity index (χ1) is 10.6. The van der Waals surface area contributed by atoms with Gasteiger partial charge in [0.1, 0.15) is 6.04 Å². The zero-order chi connectivity index (χ0) is 15.9. The summed E-state index contributed by atoms with van der Waals surface area (Å²) < 4.78 is 5.30. The molecule has 0 saturated heterocycles. The molecular weight excluding hydrogens is 280 g/mol. The van der Waals surface area contributed by atoms with E-state index in [0.717, 1.165) is 31.2 Å². The molecular formula is C17H24N2O3. The van der Waals surface area contributed by atoms with E-state index < -0.39 is 18.1 Å². The van der Waals surface area contributed by atoms with Gasteiger partial charge in [0.2, 0.25) is 5.91 Å². The van der Waals surface area contributed by atoms with Gasteiger partial charge < -0.3 is 15.8 Å². The number of hydrogen-bond donors (Lipinski definition) is 2. The van der Waals surface area contributed by atoms with Crippen molar-refractivity contribution < 1.29 is 14.3 Å². The molecule has 2 atom stereocenters. The van der Waals surface area contributed by atoms with E-state index in [9.17, 15) is 9.59 Å². The molecule has 1 aromatic rings. The number of carbonyl (C=O) groups is 2. The molecule has 0 unspecified atom stereocenters. The summed E-state index contributed by atoms with van der Waals surface area (Å²) >= 11 is 0. The normalized spacial score (nSPS) is 18.4. The van der Waals surface area contributed by atoms with E-state index >= 15 is 0 Å². The van der Waals surface area contributed by atoms with Crippen LogP contribution in [0.3, 0.4) is 0 Å². The Morgan fingerprint density at radius 2 is 1.82 bits per heavy atom. The predicted octanol–water partition coefficient (Wildman–Crippen LogP) is 1.92. The van der Waals surface area contributed by atoms with Crippen LogP contribution in [0.15, 0.2) is 30.3 Å². The number of methoxy groups -OCH3 is 1. The van der Waals surface area contributed by atoms with E-state index in [-0.39, 0.29) is 11.8 Å². The zero-order valence-electron chi connectivity index (χ0n) is 13.0. The number of nitrogens with one attached hydrogen (secondary N) is 1. The molecule has 5 nitrogen and oxygen atoms in total. The Labute approximate surface area is 131 Å². The van der Waals surface area contributed by atoms with Gasteiger partial charge in [-0.3, -0.25) is 9.59 Å². The third-order valence-electron chi connectivity index (χ3n) is 4.30. The van der Waals surface area contributed by atoms with Crippen molar-refractivity contribution in [2.75, 3.05) is 7.11 Å². The summed E-state index contributed by atoms with van der Waals surface area (Å²) in [6.45, 7) is 0. The minimum absolute atomic E-state index is 0.128. The van der Waals surface area contributed by atoms with Crippen molar-refractivity contribution in [2.45, 2.75) is 44.2 Å². The zero-order valence-corrected chi connectivity index (χ0v) is 13.0. The van der Waals surface area contributed by atoms with Crippen molar-refractivity contribution in [1.29, 1.82) is 0 Å². The van der Waals surface area contributed by atoms with Crippen LogP contribution in [0.2, 0.25) is 0 Å². The van der Waals surface area contributed by atoms with Gasteiger partial charge in [-0.2, -0.15) is 0 Å². The Morgan fingerprint density at radius 3 is 2.36 bits per heavy atom. The maximum absolute atomic E-state index is 12.5. The Balaban J connectivity index is 2.07. The molecule has 1 fully saturated rings. The Morgan fingerprint density at radius 1 is 1.18 bits per heavy atom. The minimum Gasteiger partial charge on any atom is -0.368 e. The maximum atomic E-state index is 12.5. The molecule has 1 aliphatic carbocycles. The van der Waals surface area contributed by atoms with E-state index in [1.807, 2.05) is 30.3 Å². The van der Waals surface area contributed by atoms with Crippen LogP contribution in [0.1, 0.15) is 43.8 Å². The van der Waals surface area contributed by atoms with Crippen molar-refractivity contribution in [3.05, 3.63) is 35.9 Å². The number of nitrogens with two attached hydrogens (primary N) is 1. The number of amides is 2. The first-order valence-electron chi connectivity index (χ1n) is 7.81. The van der Waals surface area contributed by atoms with Crippen LogP contribution in [0, 0.1) is 5.92 Å². The predicted molar refractivity (Wildman–Crippen MR) is 83.9 cm³/mol. The summed E-state index contributed by atoms with van der Waals surface area (Å²) in [6.07, 6.45) is 4.47. The lowest BCUT2D eigenvalue weighted by Gasteiger charge is -2.29. The number of primary amides is 1. The molecule has 0 heterocycles. The van der Waals surface area contributed by atoms with Gasteiger partial charge in [-0.05, 0) is 24.3 Å². The molecule has 5 heteroatoms. The molecule has 0 aliphatic heterocycles. The van der Waals surface area contributed by atoms with Gasteiger partial charge in [-0.15, -0.1) is 0 Å². The molecule has 1 saturated carbocycles. The smallest absolute Gasteiger partial charge is 0.254 e. The maximum Gasteiger partial charge on any atom is 0.254 e. The molecule has 0 bridgehead atoms. The van der Waals surface area contributed by atoms with Gasteiger partial charge in [0, 0.05) is 7.11 Å². The van der Waals surface area contributed by atoms with Crippen LogP contribution in [0.5, 0.6) is 0 Å². The molecule has 0 radical (unpaired) electrons. The second kappa shape index (κ2) is 7.94. The first kappa shape index (κ1) is 16.5. The standard InChI is InChI=1S/C17H24N2O3/c1-22-15(13-10-6-3-7-11-13)17(21)19-14(16(18)20)12-8-4-2-5-9-12/h3,6-7,10-12,14-15H,2,4-5,8-9H2,1H3,(H2,18,20)(H,19,21)/t14-,15-/m1/s1. The summed E-state index contributed by atoms with van der Waals surface area (Å²) in [7, 11) is 1.48. The lowest BCUT2D eigenvalue weighted by atomic mass is 9.83. The fourth-order valence-corrected chi connectivity index (χ4v) is 3.14. The molecule has 120 valence electrons. The molecule has 22 heavy (non-hydrogen) atoms. The molecule has 0 aromatic heterocycles. The van der Waals surface area contributed by atoms with E-state index in [1.54, 1.807) is 0 Å². The lowest BCUT2D eigenvalue weighted by Crippen LogP contribution is -2.51. The third-order valence-corrected chi connectivity index (χ3v) is 4.30. The van der Waals surface area contributed by atoms with Crippen LogP contribution in [0.4, 0.5) is 0 Å². The topological polar surface area (TPSA) is 81.4 Å². The SMILES string of the molecule is CO[C@@H](C(=O)N[C@@H](C(N)=O)C1CCCCC1)c1ccccc1. The number of carbonyl (C=O) groups excluding carboxylic acids is 2.